The second kappa shape index (κ2) is 11.7. The van der Waals surface area contributed by atoms with Crippen LogP contribution in [-0.4, -0.2) is 59.9 Å². The molecule has 0 spiro atoms. The van der Waals surface area contributed by atoms with Crippen molar-refractivity contribution in [1.82, 2.24) is 25.3 Å². The molecule has 6 nitrogen and oxygen atoms in total. The third kappa shape index (κ3) is 7.38. The van der Waals surface area contributed by atoms with Gasteiger partial charge in [-0.2, -0.15) is 5.10 Å². The fraction of sp³-hybridized carbons (Fsp3) is 0.765. The van der Waals surface area contributed by atoms with Crippen LogP contribution in [0, 0.1) is 0 Å². The molecule has 0 amide bonds. The highest BCUT2D eigenvalue weighted by Crippen LogP contribution is 2.10. The predicted molar refractivity (Wildman–Crippen MR) is 111 cm³/mol. The molecule has 7 heteroatoms. The van der Waals surface area contributed by atoms with Crippen molar-refractivity contribution in [2.24, 2.45) is 12.0 Å². The molecule has 0 radical (unpaired) electrons. The number of aryl methyl sites for hydroxylation is 2. The van der Waals surface area contributed by atoms with E-state index in [1.807, 2.05) is 25.0 Å². The molecule has 1 saturated heterocycles. The van der Waals surface area contributed by atoms with Crippen molar-refractivity contribution >= 4 is 29.9 Å². The number of halogens is 1. The summed E-state index contributed by atoms with van der Waals surface area (Å²) >= 11 is 0. The summed E-state index contributed by atoms with van der Waals surface area (Å²) in [6.45, 7) is 6.81. The van der Waals surface area contributed by atoms with Gasteiger partial charge in [0.2, 0.25) is 0 Å². The number of hydrogen-bond acceptors (Lipinski definition) is 3. The largest absolute Gasteiger partial charge is 0.356 e. The first-order valence-electron chi connectivity index (χ1n) is 8.88. The van der Waals surface area contributed by atoms with Crippen molar-refractivity contribution in [3.8, 4) is 0 Å². The quantitative estimate of drug-likeness (QED) is 0.290. The Morgan fingerprint density at radius 1 is 1.38 bits per heavy atom. The van der Waals surface area contributed by atoms with E-state index in [9.17, 15) is 0 Å². The summed E-state index contributed by atoms with van der Waals surface area (Å²) < 4.78 is 1.86. The topological polar surface area (TPSA) is 57.5 Å². The van der Waals surface area contributed by atoms with Crippen LogP contribution >= 0.6 is 24.0 Å². The Morgan fingerprint density at radius 3 is 2.71 bits per heavy atom. The van der Waals surface area contributed by atoms with Gasteiger partial charge in [0, 0.05) is 46.0 Å². The smallest absolute Gasteiger partial charge is 0.191 e. The maximum Gasteiger partial charge on any atom is 0.191 e. The van der Waals surface area contributed by atoms with Crippen molar-refractivity contribution in [1.29, 1.82) is 0 Å². The first-order chi connectivity index (χ1) is 11.2. The number of rotatable bonds is 7. The third-order valence-electron chi connectivity index (χ3n) is 4.38. The Morgan fingerprint density at radius 2 is 2.12 bits per heavy atom. The number of guanidine groups is 1. The lowest BCUT2D eigenvalue weighted by atomic mass is 10.1. The van der Waals surface area contributed by atoms with Gasteiger partial charge in [-0.25, -0.2) is 0 Å². The van der Waals surface area contributed by atoms with Crippen LogP contribution in [0.1, 0.15) is 38.2 Å². The summed E-state index contributed by atoms with van der Waals surface area (Å²) in [6, 6.07) is 0.549. The minimum atomic E-state index is 0. The van der Waals surface area contributed by atoms with Crippen molar-refractivity contribution in [2.45, 2.75) is 45.1 Å². The molecule has 2 N–H and O–H groups in total. The van der Waals surface area contributed by atoms with Crippen LogP contribution in [0.25, 0.3) is 0 Å². The van der Waals surface area contributed by atoms with Crippen LogP contribution in [0.2, 0.25) is 0 Å². The van der Waals surface area contributed by atoms with E-state index >= 15 is 0 Å². The zero-order valence-corrected chi connectivity index (χ0v) is 17.6. The molecule has 1 aromatic rings. The first-order valence-corrected chi connectivity index (χ1v) is 8.88. The van der Waals surface area contributed by atoms with E-state index in [-0.39, 0.29) is 24.0 Å². The Labute approximate surface area is 163 Å². The number of piperidine rings is 1. The van der Waals surface area contributed by atoms with E-state index in [1.54, 1.807) is 0 Å². The molecule has 0 aromatic carbocycles. The van der Waals surface area contributed by atoms with Gasteiger partial charge in [0.15, 0.2) is 5.96 Å². The van der Waals surface area contributed by atoms with Crippen LogP contribution in [0.5, 0.6) is 0 Å². The monoisotopic (exact) mass is 448 g/mol. The molecule has 1 aromatic heterocycles. The summed E-state index contributed by atoms with van der Waals surface area (Å²) in [5.74, 6) is 0.935. The standard InChI is InChI=1S/C17H32N6.HI/c1-4-10-23-11-7-16(8-12-23)21-17(18-2)19-9-5-6-15-13-20-22(3)14-15;/h13-14,16H,4-12H2,1-3H3,(H2,18,19,21);1H. The average Bonchev–Trinajstić information content (AvgIpc) is 2.97. The number of nitrogens with one attached hydrogen (secondary N) is 2. The van der Waals surface area contributed by atoms with Crippen LogP contribution in [0.4, 0.5) is 0 Å². The second-order valence-corrected chi connectivity index (χ2v) is 6.39. The average molecular weight is 448 g/mol. The summed E-state index contributed by atoms with van der Waals surface area (Å²) in [5.41, 5.74) is 1.29. The fourth-order valence-corrected chi connectivity index (χ4v) is 3.11. The van der Waals surface area contributed by atoms with Gasteiger partial charge in [0.25, 0.3) is 0 Å². The predicted octanol–water partition coefficient (Wildman–Crippen LogP) is 2.01. The molecule has 0 atom stereocenters. The van der Waals surface area contributed by atoms with Crippen molar-refractivity contribution in [3.05, 3.63) is 18.0 Å². The van der Waals surface area contributed by atoms with E-state index < -0.39 is 0 Å². The van der Waals surface area contributed by atoms with E-state index in [4.69, 9.17) is 0 Å². The number of aromatic nitrogens is 2. The molecule has 0 unspecified atom stereocenters. The third-order valence-corrected chi connectivity index (χ3v) is 4.38. The van der Waals surface area contributed by atoms with Crippen molar-refractivity contribution in [3.63, 3.8) is 0 Å². The zero-order chi connectivity index (χ0) is 16.5. The first kappa shape index (κ1) is 21.2. The van der Waals surface area contributed by atoms with Crippen LogP contribution < -0.4 is 10.6 Å². The SMILES string of the molecule is CCCN1CCC(NC(=NC)NCCCc2cnn(C)c2)CC1.I. The molecule has 138 valence electrons. The normalized spacial score (nSPS) is 16.7. The molecule has 1 fully saturated rings. The van der Waals surface area contributed by atoms with E-state index in [1.165, 1.54) is 44.5 Å². The summed E-state index contributed by atoms with van der Waals surface area (Å²) in [4.78, 5) is 6.91. The molecule has 1 aliphatic rings. The maximum absolute atomic E-state index is 4.35. The van der Waals surface area contributed by atoms with Gasteiger partial charge in [-0.15, -0.1) is 24.0 Å². The molecular weight excluding hydrogens is 415 g/mol. The molecule has 0 saturated carbocycles. The molecule has 0 aliphatic carbocycles. The van der Waals surface area contributed by atoms with E-state index in [0.717, 1.165) is 25.3 Å². The van der Waals surface area contributed by atoms with E-state index in [2.05, 4.69) is 38.7 Å². The Kier molecular flexibility index (Phi) is 10.3. The highest BCUT2D eigenvalue weighted by Gasteiger charge is 2.19. The Bertz CT molecular complexity index is 479. The van der Waals surface area contributed by atoms with Gasteiger partial charge in [-0.3, -0.25) is 9.67 Å². The number of likely N-dealkylation sites (tertiary alicyclic amines) is 1. The van der Waals surface area contributed by atoms with Crippen molar-refractivity contribution in [2.75, 3.05) is 33.2 Å². The highest BCUT2D eigenvalue weighted by atomic mass is 127. The van der Waals surface area contributed by atoms with Crippen LogP contribution in [0.3, 0.4) is 0 Å². The minimum Gasteiger partial charge on any atom is -0.356 e. The second-order valence-electron chi connectivity index (χ2n) is 6.39. The molecule has 1 aliphatic heterocycles. The summed E-state index contributed by atoms with van der Waals surface area (Å²) in [5, 5.41) is 11.2. The number of aliphatic imine (C=N–C) groups is 1. The van der Waals surface area contributed by atoms with Crippen LogP contribution in [0.15, 0.2) is 17.4 Å². The molecule has 2 heterocycles. The Balaban J connectivity index is 0.00000288. The lowest BCUT2D eigenvalue weighted by Gasteiger charge is -2.32. The van der Waals surface area contributed by atoms with Gasteiger partial charge in [-0.1, -0.05) is 6.92 Å². The van der Waals surface area contributed by atoms with Gasteiger partial charge in [0.05, 0.1) is 6.20 Å². The lowest BCUT2D eigenvalue weighted by molar-refractivity contribution is 0.206. The molecular formula is C17H33IN6. The Hall–Kier alpha value is -0.830. The highest BCUT2D eigenvalue weighted by molar-refractivity contribution is 14.0. The van der Waals surface area contributed by atoms with Gasteiger partial charge in [-0.05, 0) is 44.2 Å². The molecule has 2 rings (SSSR count). The maximum atomic E-state index is 4.35. The zero-order valence-electron chi connectivity index (χ0n) is 15.3. The summed E-state index contributed by atoms with van der Waals surface area (Å²) in [6.07, 6.45) is 9.81. The molecule has 0 bridgehead atoms. The summed E-state index contributed by atoms with van der Waals surface area (Å²) in [7, 11) is 3.81. The minimum absolute atomic E-state index is 0. The fourth-order valence-electron chi connectivity index (χ4n) is 3.11. The number of hydrogen-bond donors (Lipinski definition) is 2. The van der Waals surface area contributed by atoms with Gasteiger partial charge in [0.1, 0.15) is 0 Å². The molecule has 24 heavy (non-hydrogen) atoms. The lowest BCUT2D eigenvalue weighted by Crippen LogP contribution is -2.48. The van der Waals surface area contributed by atoms with Gasteiger partial charge >= 0.3 is 0 Å². The van der Waals surface area contributed by atoms with E-state index in [0.29, 0.717) is 6.04 Å². The number of nitrogens with zero attached hydrogens (tertiary/aromatic N) is 4. The van der Waals surface area contributed by atoms with Crippen molar-refractivity contribution < 1.29 is 0 Å². The van der Waals surface area contributed by atoms with Crippen LogP contribution in [-0.2, 0) is 13.5 Å². The van der Waals surface area contributed by atoms with Gasteiger partial charge < -0.3 is 15.5 Å².